The Labute approximate surface area is 102 Å². The molecule has 0 aliphatic rings. The number of rotatable bonds is 5. The molecule has 9 heteroatoms. The molecule has 6 N–H and O–H groups in total. The van der Waals surface area contributed by atoms with Crippen molar-refractivity contribution in [2.75, 3.05) is 19.5 Å². The zero-order valence-corrected chi connectivity index (χ0v) is 9.65. The average Bonchev–Trinajstić information content (AvgIpc) is 2.36. The second-order valence-electron chi connectivity index (χ2n) is 3.68. The molecule has 8 nitrogen and oxygen atoms in total. The van der Waals surface area contributed by atoms with Gasteiger partial charge in [-0.1, -0.05) is 0 Å². The van der Waals surface area contributed by atoms with Gasteiger partial charge in [-0.15, -0.1) is 0 Å². The minimum Gasteiger partial charge on any atom is -0.392 e. The molecule has 102 valence electrons. The molecular weight excluding hydrogens is 247 g/mol. The fraction of sp³-hybridized carbons (Fsp3) is 0.556. The molecular formula is C9H15FN4O4. The molecule has 0 radical (unpaired) electrons. The van der Waals surface area contributed by atoms with Gasteiger partial charge in [-0.3, -0.25) is 10.3 Å². The summed E-state index contributed by atoms with van der Waals surface area (Å²) in [6.45, 7) is -0.831. The third-order valence-corrected chi connectivity index (χ3v) is 2.51. The van der Waals surface area contributed by atoms with Gasteiger partial charge in [0, 0.05) is 13.3 Å². The topological polar surface area (TPSA) is 137 Å². The maximum atomic E-state index is 14.0. The van der Waals surface area contributed by atoms with Gasteiger partial charge >= 0.3 is 5.69 Å². The van der Waals surface area contributed by atoms with Gasteiger partial charge in [-0.2, -0.15) is 4.98 Å². The minimum atomic E-state index is -2.23. The third-order valence-electron chi connectivity index (χ3n) is 2.51. The van der Waals surface area contributed by atoms with Crippen LogP contribution in [0.15, 0.2) is 17.1 Å². The van der Waals surface area contributed by atoms with Gasteiger partial charge in [0.2, 0.25) is 6.30 Å². The van der Waals surface area contributed by atoms with Crippen LogP contribution in [0.5, 0.6) is 0 Å². The average molecular weight is 262 g/mol. The minimum absolute atomic E-state index is 0.0779. The number of anilines is 1. The highest BCUT2D eigenvalue weighted by Crippen LogP contribution is 2.21. The van der Waals surface area contributed by atoms with Crippen molar-refractivity contribution in [3.8, 4) is 0 Å². The maximum absolute atomic E-state index is 14.0. The molecule has 18 heavy (non-hydrogen) atoms. The number of aliphatic hydroxyl groups excluding tert-OH is 2. The third kappa shape index (κ3) is 2.64. The van der Waals surface area contributed by atoms with Gasteiger partial charge in [0.1, 0.15) is 11.9 Å². The first-order valence-corrected chi connectivity index (χ1v) is 4.97. The van der Waals surface area contributed by atoms with Crippen molar-refractivity contribution in [3.63, 3.8) is 0 Å². The van der Waals surface area contributed by atoms with Crippen LogP contribution in [0.25, 0.3) is 0 Å². The number of ether oxygens (including phenoxy) is 1. The standard InChI is InChI=1S/C9H15FN4O4/c1-18-9(12,4-15)6(16)7(10)14-3-2-5(11)13-8(14)17/h2-3,6-7,15-16H,4,12H2,1H3,(H2,11,13,17). The zero-order valence-electron chi connectivity index (χ0n) is 9.65. The summed E-state index contributed by atoms with van der Waals surface area (Å²) in [4.78, 5) is 14.7. The second-order valence-corrected chi connectivity index (χ2v) is 3.68. The summed E-state index contributed by atoms with van der Waals surface area (Å²) in [5.41, 5.74) is 7.66. The number of nitrogen functional groups attached to an aromatic ring is 1. The second kappa shape index (κ2) is 5.40. The molecule has 0 aliphatic carbocycles. The van der Waals surface area contributed by atoms with Crippen LogP contribution in [0.1, 0.15) is 6.30 Å². The van der Waals surface area contributed by atoms with E-state index >= 15 is 0 Å². The molecule has 0 bridgehead atoms. The number of nitrogens with zero attached hydrogens (tertiary/aromatic N) is 2. The first kappa shape index (κ1) is 14.5. The number of nitrogens with two attached hydrogens (primary N) is 2. The van der Waals surface area contributed by atoms with Crippen molar-refractivity contribution in [1.82, 2.24) is 9.55 Å². The van der Waals surface area contributed by atoms with Crippen molar-refractivity contribution in [2.24, 2.45) is 5.73 Å². The number of hydrogen-bond donors (Lipinski definition) is 4. The van der Waals surface area contributed by atoms with Crippen molar-refractivity contribution >= 4 is 5.82 Å². The molecule has 1 heterocycles. The van der Waals surface area contributed by atoms with E-state index in [4.69, 9.17) is 16.6 Å². The van der Waals surface area contributed by atoms with Crippen molar-refractivity contribution < 1.29 is 19.3 Å². The summed E-state index contributed by atoms with van der Waals surface area (Å²) < 4.78 is 19.1. The Morgan fingerprint density at radius 2 is 2.33 bits per heavy atom. The molecule has 0 aromatic carbocycles. The van der Waals surface area contributed by atoms with Crippen LogP contribution in [0, 0.1) is 0 Å². The number of methoxy groups -OCH3 is 1. The smallest absolute Gasteiger partial charge is 0.351 e. The summed E-state index contributed by atoms with van der Waals surface area (Å²) in [7, 11) is 1.09. The molecule has 0 fully saturated rings. The number of hydrogen-bond acceptors (Lipinski definition) is 7. The summed E-state index contributed by atoms with van der Waals surface area (Å²) in [5, 5.41) is 18.6. The normalized spacial score (nSPS) is 18.1. The lowest BCUT2D eigenvalue weighted by molar-refractivity contribution is -0.160. The number of aromatic nitrogens is 2. The Morgan fingerprint density at radius 1 is 1.72 bits per heavy atom. The first-order valence-electron chi connectivity index (χ1n) is 4.97. The van der Waals surface area contributed by atoms with E-state index in [9.17, 15) is 14.3 Å². The fourth-order valence-electron chi connectivity index (χ4n) is 1.28. The number of halogens is 1. The predicted octanol–water partition coefficient (Wildman–Crippen LogP) is -2.05. The molecule has 0 amide bonds. The molecule has 0 spiro atoms. The summed E-state index contributed by atoms with van der Waals surface area (Å²) in [6.07, 6.45) is -3.18. The van der Waals surface area contributed by atoms with Crippen LogP contribution < -0.4 is 17.2 Å². The lowest BCUT2D eigenvalue weighted by Crippen LogP contribution is -2.58. The Morgan fingerprint density at radius 3 is 2.78 bits per heavy atom. The van der Waals surface area contributed by atoms with Crippen LogP contribution in [0.4, 0.5) is 10.2 Å². The van der Waals surface area contributed by atoms with Gasteiger partial charge in [-0.05, 0) is 6.07 Å². The quantitative estimate of drug-likeness (QED) is 0.448. The number of aliphatic hydroxyl groups is 2. The Hall–Kier alpha value is -1.55. The molecule has 0 aliphatic heterocycles. The zero-order chi connectivity index (χ0) is 13.9. The van der Waals surface area contributed by atoms with Crippen LogP contribution in [-0.4, -0.2) is 45.3 Å². The van der Waals surface area contributed by atoms with E-state index in [1.807, 2.05) is 0 Å². The summed E-state index contributed by atoms with van der Waals surface area (Å²) in [5.74, 6) is -0.0779. The van der Waals surface area contributed by atoms with E-state index in [2.05, 4.69) is 9.72 Å². The maximum Gasteiger partial charge on any atom is 0.351 e. The lowest BCUT2D eigenvalue weighted by Gasteiger charge is -2.32. The van der Waals surface area contributed by atoms with E-state index in [-0.39, 0.29) is 5.82 Å². The Balaban J connectivity index is 3.06. The van der Waals surface area contributed by atoms with Crippen LogP contribution >= 0.6 is 0 Å². The van der Waals surface area contributed by atoms with Crippen LogP contribution in [0.3, 0.4) is 0 Å². The summed E-state index contributed by atoms with van der Waals surface area (Å²) >= 11 is 0. The van der Waals surface area contributed by atoms with E-state index < -0.39 is 30.4 Å². The molecule has 3 atom stereocenters. The van der Waals surface area contributed by atoms with E-state index in [0.717, 1.165) is 13.3 Å². The van der Waals surface area contributed by atoms with Gasteiger partial charge in [0.15, 0.2) is 5.72 Å². The lowest BCUT2D eigenvalue weighted by atomic mass is 10.1. The van der Waals surface area contributed by atoms with Crippen molar-refractivity contribution in [1.29, 1.82) is 0 Å². The van der Waals surface area contributed by atoms with Crippen molar-refractivity contribution in [2.45, 2.75) is 18.1 Å². The SMILES string of the molecule is COC(N)(CO)C(O)C(F)n1ccc(N)nc1=O. The fourth-order valence-corrected chi connectivity index (χ4v) is 1.28. The monoisotopic (exact) mass is 262 g/mol. The molecule has 1 aromatic heterocycles. The molecule has 0 saturated carbocycles. The highest BCUT2D eigenvalue weighted by Gasteiger charge is 2.40. The van der Waals surface area contributed by atoms with E-state index in [1.54, 1.807) is 0 Å². The van der Waals surface area contributed by atoms with Gasteiger partial charge < -0.3 is 20.7 Å². The van der Waals surface area contributed by atoms with Crippen molar-refractivity contribution in [3.05, 3.63) is 22.7 Å². The molecule has 1 aromatic rings. The predicted molar refractivity (Wildman–Crippen MR) is 60.1 cm³/mol. The highest BCUT2D eigenvalue weighted by atomic mass is 19.1. The number of alkyl halides is 1. The first-order chi connectivity index (χ1) is 8.35. The Bertz CT molecular complexity index is 462. The van der Waals surface area contributed by atoms with Gasteiger partial charge in [0.25, 0.3) is 0 Å². The van der Waals surface area contributed by atoms with E-state index in [0.29, 0.717) is 4.57 Å². The van der Waals surface area contributed by atoms with Crippen LogP contribution in [-0.2, 0) is 4.74 Å². The Kier molecular flexibility index (Phi) is 4.35. The molecule has 1 rings (SSSR count). The largest absolute Gasteiger partial charge is 0.392 e. The molecule has 3 unspecified atom stereocenters. The van der Waals surface area contributed by atoms with E-state index in [1.165, 1.54) is 6.07 Å². The highest BCUT2D eigenvalue weighted by molar-refractivity contribution is 5.23. The van der Waals surface area contributed by atoms with Gasteiger partial charge in [0.05, 0.1) is 6.61 Å². The molecule has 0 saturated heterocycles. The van der Waals surface area contributed by atoms with Gasteiger partial charge in [-0.25, -0.2) is 9.18 Å². The summed E-state index contributed by atoms with van der Waals surface area (Å²) in [6, 6.07) is 1.19. The van der Waals surface area contributed by atoms with Crippen LogP contribution in [0.2, 0.25) is 0 Å².